The van der Waals surface area contributed by atoms with Gasteiger partial charge in [-0.05, 0) is 30.2 Å². The maximum absolute atomic E-state index is 11.1. The zero-order valence-corrected chi connectivity index (χ0v) is 8.63. The van der Waals surface area contributed by atoms with E-state index in [0.29, 0.717) is 13.0 Å². The maximum atomic E-state index is 11.1. The highest BCUT2D eigenvalue weighted by atomic mass is 16.1. The normalized spacial score (nSPS) is 9.93. The molecule has 14 heavy (non-hydrogen) atoms. The lowest BCUT2D eigenvalue weighted by Crippen LogP contribution is -2.10. The summed E-state index contributed by atoms with van der Waals surface area (Å²) in [5.74, 6) is 0.0323. The van der Waals surface area contributed by atoms with Gasteiger partial charge in [-0.1, -0.05) is 13.0 Å². The quantitative estimate of drug-likeness (QED) is 0.767. The molecule has 3 heteroatoms. The van der Waals surface area contributed by atoms with Gasteiger partial charge in [-0.25, -0.2) is 0 Å². The highest BCUT2D eigenvalue weighted by molar-refractivity contribution is 5.90. The number of hydrogen-bond donors (Lipinski definition) is 2. The van der Waals surface area contributed by atoms with Crippen molar-refractivity contribution in [3.05, 3.63) is 29.3 Å². The molecule has 0 heterocycles. The van der Waals surface area contributed by atoms with Crippen LogP contribution in [0.2, 0.25) is 0 Å². The Morgan fingerprint density at radius 3 is 2.71 bits per heavy atom. The summed E-state index contributed by atoms with van der Waals surface area (Å²) in [6, 6.07) is 5.76. The molecule has 3 N–H and O–H groups in total. The number of benzene rings is 1. The van der Waals surface area contributed by atoms with Gasteiger partial charge in [0.15, 0.2) is 0 Å². The summed E-state index contributed by atoms with van der Waals surface area (Å²) in [6.07, 6.45) is 0.498. The molecule has 1 aromatic rings. The molecular formula is C11H16N2O. The summed E-state index contributed by atoms with van der Waals surface area (Å²) >= 11 is 0. The first-order chi connectivity index (χ1) is 6.67. The highest BCUT2D eigenvalue weighted by Gasteiger charge is 2.01. The van der Waals surface area contributed by atoms with Crippen molar-refractivity contribution in [1.29, 1.82) is 0 Å². The third-order valence-electron chi connectivity index (χ3n) is 2.17. The van der Waals surface area contributed by atoms with Gasteiger partial charge in [0.05, 0.1) is 0 Å². The van der Waals surface area contributed by atoms with Crippen LogP contribution in [0.25, 0.3) is 0 Å². The maximum Gasteiger partial charge on any atom is 0.224 e. The molecule has 0 aromatic heterocycles. The molecule has 1 amide bonds. The van der Waals surface area contributed by atoms with Crippen molar-refractivity contribution in [2.75, 3.05) is 5.32 Å². The van der Waals surface area contributed by atoms with Crippen molar-refractivity contribution in [3.8, 4) is 0 Å². The first kappa shape index (κ1) is 10.7. The smallest absolute Gasteiger partial charge is 0.224 e. The van der Waals surface area contributed by atoms with Crippen molar-refractivity contribution in [2.24, 2.45) is 5.73 Å². The second-order valence-corrected chi connectivity index (χ2v) is 3.25. The fraction of sp³-hybridized carbons (Fsp3) is 0.364. The van der Waals surface area contributed by atoms with E-state index in [0.717, 1.165) is 16.8 Å². The molecule has 0 saturated heterocycles. The monoisotopic (exact) mass is 192 g/mol. The molecule has 0 fully saturated rings. The van der Waals surface area contributed by atoms with Crippen molar-refractivity contribution >= 4 is 11.6 Å². The SMILES string of the molecule is CCC(=O)Nc1ccc(CN)c(C)c1. The predicted octanol–water partition coefficient (Wildman–Crippen LogP) is 1.80. The molecule has 0 aliphatic rings. The number of anilines is 1. The summed E-state index contributed by atoms with van der Waals surface area (Å²) in [4.78, 5) is 11.1. The van der Waals surface area contributed by atoms with Gasteiger partial charge in [0.2, 0.25) is 5.91 Å². The molecule has 1 rings (SSSR count). The van der Waals surface area contributed by atoms with E-state index >= 15 is 0 Å². The minimum Gasteiger partial charge on any atom is -0.326 e. The first-order valence-corrected chi connectivity index (χ1v) is 4.76. The molecule has 0 aliphatic carbocycles. The van der Waals surface area contributed by atoms with E-state index in [1.165, 1.54) is 0 Å². The van der Waals surface area contributed by atoms with Crippen molar-refractivity contribution in [2.45, 2.75) is 26.8 Å². The van der Waals surface area contributed by atoms with E-state index < -0.39 is 0 Å². The lowest BCUT2D eigenvalue weighted by Gasteiger charge is -2.07. The Morgan fingerprint density at radius 2 is 2.21 bits per heavy atom. The molecule has 0 atom stereocenters. The van der Waals surface area contributed by atoms with Crippen LogP contribution in [-0.2, 0) is 11.3 Å². The van der Waals surface area contributed by atoms with Gasteiger partial charge in [-0.3, -0.25) is 4.79 Å². The highest BCUT2D eigenvalue weighted by Crippen LogP contribution is 2.14. The lowest BCUT2D eigenvalue weighted by atomic mass is 10.1. The van der Waals surface area contributed by atoms with Gasteiger partial charge in [-0.15, -0.1) is 0 Å². The number of amides is 1. The van der Waals surface area contributed by atoms with E-state index in [9.17, 15) is 4.79 Å². The Kier molecular flexibility index (Phi) is 3.65. The van der Waals surface area contributed by atoms with Crippen molar-refractivity contribution < 1.29 is 4.79 Å². The molecule has 0 bridgehead atoms. The van der Waals surface area contributed by atoms with Crippen LogP contribution >= 0.6 is 0 Å². The summed E-state index contributed by atoms with van der Waals surface area (Å²) in [5, 5.41) is 2.80. The van der Waals surface area contributed by atoms with Crippen LogP contribution in [0.4, 0.5) is 5.69 Å². The van der Waals surface area contributed by atoms with E-state index in [2.05, 4.69) is 5.32 Å². The average molecular weight is 192 g/mol. The predicted molar refractivity (Wildman–Crippen MR) is 58.0 cm³/mol. The summed E-state index contributed by atoms with van der Waals surface area (Å²) < 4.78 is 0. The molecule has 0 spiro atoms. The van der Waals surface area contributed by atoms with Crippen LogP contribution in [0.1, 0.15) is 24.5 Å². The van der Waals surface area contributed by atoms with Crippen LogP contribution in [0.15, 0.2) is 18.2 Å². The van der Waals surface area contributed by atoms with Gasteiger partial charge in [0.1, 0.15) is 0 Å². The number of carbonyl (C=O) groups excluding carboxylic acids is 1. The molecule has 0 saturated carbocycles. The fourth-order valence-corrected chi connectivity index (χ4v) is 1.25. The summed E-state index contributed by atoms with van der Waals surface area (Å²) in [6.45, 7) is 4.36. The van der Waals surface area contributed by atoms with Gasteiger partial charge in [0, 0.05) is 18.7 Å². The van der Waals surface area contributed by atoms with E-state index in [4.69, 9.17) is 5.73 Å². The molecule has 1 aromatic carbocycles. The topological polar surface area (TPSA) is 55.1 Å². The third-order valence-corrected chi connectivity index (χ3v) is 2.17. The largest absolute Gasteiger partial charge is 0.326 e. The average Bonchev–Trinajstić information content (AvgIpc) is 2.18. The summed E-state index contributed by atoms with van der Waals surface area (Å²) in [5.41, 5.74) is 8.60. The van der Waals surface area contributed by atoms with Crippen LogP contribution in [0.3, 0.4) is 0 Å². The molecule has 3 nitrogen and oxygen atoms in total. The van der Waals surface area contributed by atoms with Crippen LogP contribution in [0, 0.1) is 6.92 Å². The van der Waals surface area contributed by atoms with Crippen LogP contribution in [-0.4, -0.2) is 5.91 Å². The molecule has 0 aliphatic heterocycles. The molecular weight excluding hydrogens is 176 g/mol. The molecule has 0 unspecified atom stereocenters. The third kappa shape index (κ3) is 2.57. The zero-order valence-electron chi connectivity index (χ0n) is 8.63. The Labute approximate surface area is 84.3 Å². The Balaban J connectivity index is 2.81. The number of hydrogen-bond acceptors (Lipinski definition) is 2. The first-order valence-electron chi connectivity index (χ1n) is 4.76. The zero-order chi connectivity index (χ0) is 10.6. The van der Waals surface area contributed by atoms with E-state index in [1.54, 1.807) is 0 Å². The number of aryl methyl sites for hydroxylation is 1. The van der Waals surface area contributed by atoms with Gasteiger partial charge < -0.3 is 11.1 Å². The minimum atomic E-state index is 0.0323. The van der Waals surface area contributed by atoms with Crippen molar-refractivity contribution in [1.82, 2.24) is 0 Å². The van der Waals surface area contributed by atoms with Crippen LogP contribution in [0.5, 0.6) is 0 Å². The second-order valence-electron chi connectivity index (χ2n) is 3.25. The lowest BCUT2D eigenvalue weighted by molar-refractivity contribution is -0.115. The summed E-state index contributed by atoms with van der Waals surface area (Å²) in [7, 11) is 0. The molecule has 0 radical (unpaired) electrons. The van der Waals surface area contributed by atoms with Gasteiger partial charge >= 0.3 is 0 Å². The fourth-order valence-electron chi connectivity index (χ4n) is 1.25. The second kappa shape index (κ2) is 4.77. The van der Waals surface area contributed by atoms with Gasteiger partial charge in [-0.2, -0.15) is 0 Å². The van der Waals surface area contributed by atoms with Crippen LogP contribution < -0.4 is 11.1 Å². The molecule has 76 valence electrons. The van der Waals surface area contributed by atoms with E-state index in [-0.39, 0.29) is 5.91 Å². The minimum absolute atomic E-state index is 0.0323. The Hall–Kier alpha value is -1.35. The Morgan fingerprint density at radius 1 is 1.50 bits per heavy atom. The van der Waals surface area contributed by atoms with Crippen molar-refractivity contribution in [3.63, 3.8) is 0 Å². The number of nitrogens with two attached hydrogens (primary N) is 1. The number of nitrogens with one attached hydrogen (secondary N) is 1. The number of carbonyl (C=O) groups is 1. The van der Waals surface area contributed by atoms with Gasteiger partial charge in [0.25, 0.3) is 0 Å². The Bertz CT molecular complexity index is 334. The van der Waals surface area contributed by atoms with E-state index in [1.807, 2.05) is 32.0 Å². The number of rotatable bonds is 3. The standard InChI is InChI=1S/C11H16N2O/c1-3-11(14)13-10-5-4-9(7-12)8(2)6-10/h4-6H,3,7,12H2,1-2H3,(H,13,14).